The third-order valence-electron chi connectivity index (χ3n) is 4.08. The maximum Gasteiger partial charge on any atom is 0.303 e. The van der Waals surface area contributed by atoms with Crippen LogP contribution in [0.1, 0.15) is 90.4 Å². The third-order valence-corrected chi connectivity index (χ3v) is 4.08. The molecule has 0 aliphatic heterocycles. The van der Waals surface area contributed by atoms with Crippen LogP contribution >= 0.6 is 0 Å². The molecule has 3 heteroatoms. The summed E-state index contributed by atoms with van der Waals surface area (Å²) in [6.07, 6.45) is 18.6. The normalized spacial score (nSPS) is 12.8. The van der Waals surface area contributed by atoms with Gasteiger partial charge in [0, 0.05) is 13.0 Å². The topological polar surface area (TPSA) is 57.5 Å². The zero-order chi connectivity index (χ0) is 16.5. The fourth-order valence-electron chi connectivity index (χ4n) is 2.62. The average Bonchev–Trinajstić information content (AvgIpc) is 2.50. The van der Waals surface area contributed by atoms with E-state index < -0.39 is 5.97 Å². The molecule has 0 saturated carbocycles. The highest BCUT2D eigenvalue weighted by atomic mass is 16.4. The molecular weight excluding hydrogens is 276 g/mol. The third kappa shape index (κ3) is 15.6. The van der Waals surface area contributed by atoms with E-state index in [1.54, 1.807) is 0 Å². The molecule has 0 fully saturated rings. The fraction of sp³-hybridized carbons (Fsp3) is 0.842. The van der Waals surface area contributed by atoms with Gasteiger partial charge >= 0.3 is 5.97 Å². The van der Waals surface area contributed by atoms with E-state index in [-0.39, 0.29) is 6.61 Å². The minimum absolute atomic E-state index is 0.254. The number of aliphatic carboxylic acids is 1. The van der Waals surface area contributed by atoms with Gasteiger partial charge in [-0.15, -0.1) is 0 Å². The zero-order valence-electron chi connectivity index (χ0n) is 14.4. The number of hydrogen-bond donors (Lipinski definition) is 2. The molecule has 1 atom stereocenters. The summed E-state index contributed by atoms with van der Waals surface area (Å²) >= 11 is 0. The Morgan fingerprint density at radius 1 is 0.955 bits per heavy atom. The van der Waals surface area contributed by atoms with Crippen molar-refractivity contribution in [2.75, 3.05) is 6.61 Å². The van der Waals surface area contributed by atoms with Gasteiger partial charge in [0.25, 0.3) is 0 Å². The van der Waals surface area contributed by atoms with Crippen LogP contribution in [-0.4, -0.2) is 22.8 Å². The number of rotatable bonds is 16. The maximum atomic E-state index is 10.4. The fourth-order valence-corrected chi connectivity index (χ4v) is 2.62. The van der Waals surface area contributed by atoms with Crippen LogP contribution in [0.25, 0.3) is 0 Å². The van der Waals surface area contributed by atoms with Crippen LogP contribution in [0.15, 0.2) is 12.2 Å². The van der Waals surface area contributed by atoms with E-state index in [4.69, 9.17) is 5.11 Å². The van der Waals surface area contributed by atoms with Crippen LogP contribution in [0.5, 0.6) is 0 Å². The standard InChI is InChI=1S/C19H36O3/c1-2-3-4-5-8-11-14-18(17-20)15-12-9-6-7-10-13-16-19(21)22/h12,15,18,20H,2-11,13-14,16-17H2,1H3,(H,21,22)/b15-12+. The summed E-state index contributed by atoms with van der Waals surface area (Å²) in [4.78, 5) is 10.4. The first-order valence-electron chi connectivity index (χ1n) is 9.20. The maximum absolute atomic E-state index is 10.4. The summed E-state index contributed by atoms with van der Waals surface area (Å²) < 4.78 is 0. The van der Waals surface area contributed by atoms with Crippen molar-refractivity contribution in [1.82, 2.24) is 0 Å². The second-order valence-electron chi connectivity index (χ2n) is 6.27. The van der Waals surface area contributed by atoms with Crippen molar-refractivity contribution in [1.29, 1.82) is 0 Å². The van der Waals surface area contributed by atoms with Gasteiger partial charge in [-0.05, 0) is 31.6 Å². The predicted molar refractivity (Wildman–Crippen MR) is 93.0 cm³/mol. The summed E-state index contributed by atoms with van der Waals surface area (Å²) in [6.45, 7) is 2.49. The Hall–Kier alpha value is -0.830. The van der Waals surface area contributed by atoms with E-state index in [1.807, 2.05) is 0 Å². The molecule has 0 aromatic heterocycles. The number of allylic oxidation sites excluding steroid dienone is 1. The summed E-state index contributed by atoms with van der Waals surface area (Å²) in [7, 11) is 0. The SMILES string of the molecule is CCCCCCCCC(/C=C/CCCCCCC(=O)O)CO. The second-order valence-corrected chi connectivity index (χ2v) is 6.27. The minimum atomic E-state index is -0.694. The first kappa shape index (κ1) is 21.2. The van der Waals surface area contributed by atoms with Crippen LogP contribution in [0.2, 0.25) is 0 Å². The predicted octanol–water partition coefficient (Wildman–Crippen LogP) is 5.33. The highest BCUT2D eigenvalue weighted by Crippen LogP contribution is 2.14. The molecule has 0 spiro atoms. The van der Waals surface area contributed by atoms with Crippen molar-refractivity contribution < 1.29 is 15.0 Å². The number of carbonyl (C=O) groups is 1. The zero-order valence-corrected chi connectivity index (χ0v) is 14.4. The monoisotopic (exact) mass is 312 g/mol. The Kier molecular flexibility index (Phi) is 15.9. The molecule has 0 bridgehead atoms. The van der Waals surface area contributed by atoms with Gasteiger partial charge in [-0.2, -0.15) is 0 Å². The molecular formula is C19H36O3. The Morgan fingerprint density at radius 3 is 2.27 bits per heavy atom. The summed E-state index contributed by atoms with van der Waals surface area (Å²) in [5.74, 6) is -0.376. The number of aliphatic hydroxyl groups is 1. The Bertz CT molecular complexity index is 274. The Morgan fingerprint density at radius 2 is 1.59 bits per heavy atom. The molecule has 0 rings (SSSR count). The van der Waals surface area contributed by atoms with Gasteiger partial charge in [0.2, 0.25) is 0 Å². The summed E-state index contributed by atoms with van der Waals surface area (Å²) in [6, 6.07) is 0. The van der Waals surface area contributed by atoms with E-state index in [9.17, 15) is 9.90 Å². The highest BCUT2D eigenvalue weighted by molar-refractivity contribution is 5.66. The van der Waals surface area contributed by atoms with E-state index in [2.05, 4.69) is 19.1 Å². The molecule has 130 valence electrons. The van der Waals surface area contributed by atoms with Crippen LogP contribution < -0.4 is 0 Å². The Labute approximate surface area is 136 Å². The lowest BCUT2D eigenvalue weighted by molar-refractivity contribution is -0.137. The molecule has 0 radical (unpaired) electrons. The van der Waals surface area contributed by atoms with Crippen molar-refractivity contribution in [2.45, 2.75) is 90.4 Å². The molecule has 3 nitrogen and oxygen atoms in total. The average molecular weight is 312 g/mol. The van der Waals surface area contributed by atoms with E-state index in [0.717, 1.165) is 38.5 Å². The van der Waals surface area contributed by atoms with Gasteiger partial charge in [-0.25, -0.2) is 0 Å². The molecule has 22 heavy (non-hydrogen) atoms. The Balaban J connectivity index is 3.47. The van der Waals surface area contributed by atoms with E-state index in [0.29, 0.717) is 12.3 Å². The first-order chi connectivity index (χ1) is 10.7. The van der Waals surface area contributed by atoms with Gasteiger partial charge in [-0.3, -0.25) is 4.79 Å². The van der Waals surface area contributed by atoms with Gasteiger partial charge in [0.05, 0.1) is 0 Å². The largest absolute Gasteiger partial charge is 0.481 e. The van der Waals surface area contributed by atoms with Crippen molar-refractivity contribution in [2.24, 2.45) is 5.92 Å². The molecule has 0 amide bonds. The van der Waals surface area contributed by atoms with Crippen LogP contribution in [0, 0.1) is 5.92 Å². The molecule has 1 unspecified atom stereocenters. The van der Waals surface area contributed by atoms with Crippen molar-refractivity contribution in [3.8, 4) is 0 Å². The molecule has 0 aliphatic carbocycles. The minimum Gasteiger partial charge on any atom is -0.481 e. The van der Waals surface area contributed by atoms with Gasteiger partial charge < -0.3 is 10.2 Å². The molecule has 0 saturated heterocycles. The number of hydrogen-bond acceptors (Lipinski definition) is 2. The van der Waals surface area contributed by atoms with Crippen molar-refractivity contribution >= 4 is 5.97 Å². The lowest BCUT2D eigenvalue weighted by atomic mass is 9.99. The van der Waals surface area contributed by atoms with Crippen LogP contribution in [-0.2, 0) is 4.79 Å². The molecule has 0 aliphatic rings. The van der Waals surface area contributed by atoms with E-state index >= 15 is 0 Å². The quantitative estimate of drug-likeness (QED) is 0.299. The highest BCUT2D eigenvalue weighted by Gasteiger charge is 2.02. The van der Waals surface area contributed by atoms with Gasteiger partial charge in [-0.1, -0.05) is 70.4 Å². The second kappa shape index (κ2) is 16.5. The van der Waals surface area contributed by atoms with Crippen LogP contribution in [0.3, 0.4) is 0 Å². The number of carboxylic acid groups (broad SMARTS) is 1. The first-order valence-corrected chi connectivity index (χ1v) is 9.20. The summed E-state index contributed by atoms with van der Waals surface area (Å²) in [5.41, 5.74) is 0. The van der Waals surface area contributed by atoms with Crippen LogP contribution in [0.4, 0.5) is 0 Å². The smallest absolute Gasteiger partial charge is 0.303 e. The van der Waals surface area contributed by atoms with Gasteiger partial charge in [0.15, 0.2) is 0 Å². The summed E-state index contributed by atoms with van der Waals surface area (Å²) in [5, 5.41) is 17.9. The molecule has 0 aromatic carbocycles. The number of carboxylic acids is 1. The number of unbranched alkanes of at least 4 members (excludes halogenated alkanes) is 9. The van der Waals surface area contributed by atoms with E-state index in [1.165, 1.54) is 38.5 Å². The lowest BCUT2D eigenvalue weighted by Gasteiger charge is -2.09. The van der Waals surface area contributed by atoms with Crippen molar-refractivity contribution in [3.63, 3.8) is 0 Å². The van der Waals surface area contributed by atoms with Gasteiger partial charge in [0.1, 0.15) is 0 Å². The molecule has 0 aromatic rings. The number of aliphatic hydroxyl groups excluding tert-OH is 1. The van der Waals surface area contributed by atoms with Crippen molar-refractivity contribution in [3.05, 3.63) is 12.2 Å². The lowest BCUT2D eigenvalue weighted by Crippen LogP contribution is -2.02. The molecule has 2 N–H and O–H groups in total. The molecule has 0 heterocycles.